The minimum atomic E-state index is -1.20. The van der Waals surface area contributed by atoms with Crippen LogP contribution in [0.15, 0.2) is 12.2 Å². The Kier molecular flexibility index (Phi) is 5.64. The number of esters is 1. The summed E-state index contributed by atoms with van der Waals surface area (Å²) in [5, 5.41) is 16.4. The highest BCUT2D eigenvalue weighted by atomic mass is 16.5. The zero-order valence-corrected chi connectivity index (χ0v) is 6.40. The lowest BCUT2D eigenvalue weighted by atomic mass is 10.5. The molecule has 0 unspecified atom stereocenters. The molecule has 12 heavy (non-hydrogen) atoms. The molecule has 0 aliphatic rings. The van der Waals surface area contributed by atoms with E-state index in [4.69, 9.17) is 10.2 Å². The molecule has 5 heteroatoms. The maximum Gasteiger partial charge on any atom is 0.331 e. The number of rotatable bonds is 5. The van der Waals surface area contributed by atoms with Crippen LogP contribution in [0.25, 0.3) is 0 Å². The summed E-state index contributed by atoms with van der Waals surface area (Å²) in [7, 11) is 0. The Labute approximate surface area is 69.3 Å². The fraction of sp³-hybridized carbons (Fsp3) is 0.429. The van der Waals surface area contributed by atoms with Gasteiger partial charge in [-0.25, -0.2) is 9.59 Å². The van der Waals surface area contributed by atoms with Crippen molar-refractivity contribution in [2.45, 2.75) is 6.42 Å². The lowest BCUT2D eigenvalue weighted by Crippen LogP contribution is -2.04. The number of carboxylic acid groups (broad SMARTS) is 1. The maximum atomic E-state index is 10.6. The number of hydrogen-bond acceptors (Lipinski definition) is 4. The largest absolute Gasteiger partial charge is 0.478 e. The van der Waals surface area contributed by atoms with E-state index in [1.165, 1.54) is 0 Å². The Balaban J connectivity index is 3.53. The van der Waals surface area contributed by atoms with E-state index in [0.29, 0.717) is 12.5 Å². The highest BCUT2D eigenvalue weighted by Crippen LogP contribution is 1.84. The molecule has 0 aliphatic carbocycles. The summed E-state index contributed by atoms with van der Waals surface area (Å²) in [6.45, 7) is 0.0369. The van der Waals surface area contributed by atoms with Gasteiger partial charge < -0.3 is 14.9 Å². The van der Waals surface area contributed by atoms with E-state index in [9.17, 15) is 9.59 Å². The molecule has 0 heterocycles. The first-order valence-electron chi connectivity index (χ1n) is 3.35. The topological polar surface area (TPSA) is 83.8 Å². The van der Waals surface area contributed by atoms with Gasteiger partial charge in [0, 0.05) is 25.2 Å². The number of aliphatic carboxylic acids is 1. The first-order valence-corrected chi connectivity index (χ1v) is 3.35. The van der Waals surface area contributed by atoms with Crippen molar-refractivity contribution in [1.82, 2.24) is 0 Å². The summed E-state index contributed by atoms with van der Waals surface area (Å²) in [6.07, 6.45) is 1.87. The van der Waals surface area contributed by atoms with Crippen LogP contribution in [-0.2, 0) is 14.3 Å². The standard InChI is InChI=1S/C7H10O5/c8-4-1-5-12-7(11)3-2-6(9)10/h2-3,8H,1,4-5H2,(H,9,10)/b3-2-. The summed E-state index contributed by atoms with van der Waals surface area (Å²) >= 11 is 0. The fourth-order valence-electron chi connectivity index (χ4n) is 0.425. The van der Waals surface area contributed by atoms with E-state index in [2.05, 4.69) is 4.74 Å². The third kappa shape index (κ3) is 6.76. The summed E-state index contributed by atoms with van der Waals surface area (Å²) in [5.41, 5.74) is 0. The van der Waals surface area contributed by atoms with Gasteiger partial charge in [0.05, 0.1) is 6.61 Å². The number of aliphatic hydroxyl groups excluding tert-OH is 1. The zero-order chi connectivity index (χ0) is 9.40. The predicted octanol–water partition coefficient (Wildman–Crippen LogP) is -0.447. The maximum absolute atomic E-state index is 10.6. The second-order valence-electron chi connectivity index (χ2n) is 1.92. The zero-order valence-electron chi connectivity index (χ0n) is 6.40. The molecular formula is C7H10O5. The Morgan fingerprint density at radius 3 is 2.50 bits per heavy atom. The summed E-state index contributed by atoms with van der Waals surface area (Å²) in [4.78, 5) is 20.5. The lowest BCUT2D eigenvalue weighted by Gasteiger charge is -1.97. The van der Waals surface area contributed by atoms with Gasteiger partial charge in [0.25, 0.3) is 0 Å². The Morgan fingerprint density at radius 1 is 1.33 bits per heavy atom. The highest BCUT2D eigenvalue weighted by molar-refractivity contribution is 5.90. The van der Waals surface area contributed by atoms with Gasteiger partial charge in [-0.15, -0.1) is 0 Å². The molecule has 0 amide bonds. The van der Waals surface area contributed by atoms with Gasteiger partial charge in [0.15, 0.2) is 0 Å². The first-order chi connectivity index (χ1) is 5.66. The molecule has 0 radical (unpaired) electrons. The van der Waals surface area contributed by atoms with Gasteiger partial charge in [0.2, 0.25) is 0 Å². The van der Waals surface area contributed by atoms with Crippen molar-refractivity contribution >= 4 is 11.9 Å². The fourth-order valence-corrected chi connectivity index (χ4v) is 0.425. The number of carbonyl (C=O) groups excluding carboxylic acids is 1. The van der Waals surface area contributed by atoms with E-state index >= 15 is 0 Å². The average molecular weight is 174 g/mol. The van der Waals surface area contributed by atoms with Gasteiger partial charge in [-0.05, 0) is 0 Å². The van der Waals surface area contributed by atoms with Crippen LogP contribution in [0.2, 0.25) is 0 Å². The van der Waals surface area contributed by atoms with E-state index in [0.717, 1.165) is 6.08 Å². The molecule has 5 nitrogen and oxygen atoms in total. The molecular weight excluding hydrogens is 164 g/mol. The van der Waals surface area contributed by atoms with Crippen molar-refractivity contribution < 1.29 is 24.5 Å². The number of carbonyl (C=O) groups is 2. The van der Waals surface area contributed by atoms with Gasteiger partial charge in [-0.3, -0.25) is 0 Å². The molecule has 0 aromatic rings. The third-order valence-electron chi connectivity index (χ3n) is 0.909. The molecule has 0 saturated carbocycles. The molecule has 0 aromatic carbocycles. The van der Waals surface area contributed by atoms with Crippen LogP contribution in [0, 0.1) is 0 Å². The number of carboxylic acids is 1. The van der Waals surface area contributed by atoms with Gasteiger partial charge >= 0.3 is 11.9 Å². The Hall–Kier alpha value is -1.36. The number of aliphatic hydroxyl groups is 1. The van der Waals surface area contributed by atoms with Crippen LogP contribution in [0.4, 0.5) is 0 Å². The molecule has 0 saturated heterocycles. The van der Waals surface area contributed by atoms with Crippen LogP contribution in [0.3, 0.4) is 0 Å². The summed E-state index contributed by atoms with van der Waals surface area (Å²) in [5.74, 6) is -1.92. The van der Waals surface area contributed by atoms with Crippen LogP contribution < -0.4 is 0 Å². The third-order valence-corrected chi connectivity index (χ3v) is 0.909. The van der Waals surface area contributed by atoms with Crippen LogP contribution in [-0.4, -0.2) is 35.4 Å². The minimum absolute atomic E-state index is 0.0596. The minimum Gasteiger partial charge on any atom is -0.478 e. The smallest absolute Gasteiger partial charge is 0.331 e. The van der Waals surface area contributed by atoms with E-state index in [1.54, 1.807) is 0 Å². The van der Waals surface area contributed by atoms with Gasteiger partial charge in [-0.1, -0.05) is 0 Å². The second kappa shape index (κ2) is 6.36. The van der Waals surface area contributed by atoms with E-state index in [-0.39, 0.29) is 13.2 Å². The summed E-state index contributed by atoms with van der Waals surface area (Å²) < 4.78 is 4.48. The SMILES string of the molecule is O=C(O)/C=C\C(=O)OCCCO. The molecule has 0 aliphatic heterocycles. The molecule has 0 spiro atoms. The average Bonchev–Trinajstić information content (AvgIpc) is 2.01. The normalized spacial score (nSPS) is 10.1. The number of hydrogen-bond donors (Lipinski definition) is 2. The van der Waals surface area contributed by atoms with Crippen molar-refractivity contribution in [2.75, 3.05) is 13.2 Å². The highest BCUT2D eigenvalue weighted by Gasteiger charge is 1.96. The van der Waals surface area contributed by atoms with Gasteiger partial charge in [0.1, 0.15) is 0 Å². The Morgan fingerprint density at radius 2 is 2.00 bits per heavy atom. The molecule has 0 rings (SSSR count). The summed E-state index contributed by atoms with van der Waals surface area (Å²) in [6, 6.07) is 0. The van der Waals surface area contributed by atoms with Crippen LogP contribution in [0.1, 0.15) is 6.42 Å². The van der Waals surface area contributed by atoms with Crippen LogP contribution >= 0.6 is 0 Å². The molecule has 2 N–H and O–H groups in total. The lowest BCUT2D eigenvalue weighted by molar-refractivity contribution is -0.139. The van der Waals surface area contributed by atoms with Crippen molar-refractivity contribution in [3.05, 3.63) is 12.2 Å². The first kappa shape index (κ1) is 10.6. The molecule has 0 aromatic heterocycles. The van der Waals surface area contributed by atoms with Gasteiger partial charge in [-0.2, -0.15) is 0 Å². The predicted molar refractivity (Wildman–Crippen MR) is 39.4 cm³/mol. The van der Waals surface area contributed by atoms with Crippen molar-refractivity contribution in [2.24, 2.45) is 0 Å². The monoisotopic (exact) mass is 174 g/mol. The molecule has 0 bridgehead atoms. The Bertz CT molecular complexity index is 184. The quantitative estimate of drug-likeness (QED) is 0.335. The van der Waals surface area contributed by atoms with Crippen molar-refractivity contribution in [1.29, 1.82) is 0 Å². The number of ether oxygens (including phenoxy) is 1. The molecule has 0 atom stereocenters. The molecule has 0 fully saturated rings. The second-order valence-corrected chi connectivity index (χ2v) is 1.92. The van der Waals surface area contributed by atoms with Crippen molar-refractivity contribution in [3.63, 3.8) is 0 Å². The van der Waals surface area contributed by atoms with Crippen LogP contribution in [0.5, 0.6) is 0 Å². The van der Waals surface area contributed by atoms with E-state index < -0.39 is 11.9 Å². The van der Waals surface area contributed by atoms with Crippen molar-refractivity contribution in [3.8, 4) is 0 Å². The van der Waals surface area contributed by atoms with E-state index in [1.807, 2.05) is 0 Å². The molecule has 68 valence electrons.